The van der Waals surface area contributed by atoms with Gasteiger partial charge in [-0.3, -0.25) is 4.90 Å². The first-order valence-corrected chi connectivity index (χ1v) is 5.71. The van der Waals surface area contributed by atoms with Gasteiger partial charge in [-0.25, -0.2) is 4.98 Å². The van der Waals surface area contributed by atoms with Gasteiger partial charge in [0.15, 0.2) is 5.75 Å². The maximum Gasteiger partial charge on any atom is 0.255 e. The van der Waals surface area contributed by atoms with Crippen molar-refractivity contribution in [3.05, 3.63) is 24.3 Å². The zero-order chi connectivity index (χ0) is 11.1. The number of rotatable bonds is 3. The van der Waals surface area contributed by atoms with Crippen LogP contribution in [0.5, 0.6) is 5.75 Å². The van der Waals surface area contributed by atoms with Gasteiger partial charge in [0.25, 0.3) is 5.95 Å². The van der Waals surface area contributed by atoms with Crippen LogP contribution in [0.3, 0.4) is 0 Å². The smallest absolute Gasteiger partial charge is 0.255 e. The number of aromatic nitrogens is 1. The number of ether oxygens (including phenoxy) is 1. The molecule has 0 radical (unpaired) electrons. The molecule has 2 fully saturated rings. The van der Waals surface area contributed by atoms with E-state index in [1.54, 1.807) is 12.1 Å². The molecule has 0 amide bonds. The Labute approximate surface area is 94.2 Å². The molecule has 86 valence electrons. The van der Waals surface area contributed by atoms with Crippen molar-refractivity contribution >= 4 is 0 Å². The lowest BCUT2D eigenvalue weighted by atomic mass is 10.2. The van der Waals surface area contributed by atoms with Crippen molar-refractivity contribution in [2.75, 3.05) is 13.7 Å². The third kappa shape index (κ3) is 1.67. The van der Waals surface area contributed by atoms with Crippen molar-refractivity contribution < 1.29 is 9.13 Å². The first kappa shape index (κ1) is 10.0. The van der Waals surface area contributed by atoms with Crippen LogP contribution < -0.4 is 4.74 Å². The quantitative estimate of drug-likeness (QED) is 0.728. The second kappa shape index (κ2) is 3.70. The molecule has 0 spiro atoms. The van der Waals surface area contributed by atoms with E-state index in [1.807, 2.05) is 0 Å². The molecule has 0 bridgehead atoms. The van der Waals surface area contributed by atoms with Gasteiger partial charge in [0.2, 0.25) is 0 Å². The van der Waals surface area contributed by atoms with E-state index in [9.17, 15) is 4.39 Å². The van der Waals surface area contributed by atoms with Crippen molar-refractivity contribution in [2.45, 2.75) is 24.9 Å². The zero-order valence-electron chi connectivity index (χ0n) is 9.27. The lowest BCUT2D eigenvalue weighted by molar-refractivity contribution is 0.171. The third-order valence-electron chi connectivity index (χ3n) is 3.72. The van der Waals surface area contributed by atoms with Crippen molar-refractivity contribution in [2.24, 2.45) is 5.92 Å². The summed E-state index contributed by atoms with van der Waals surface area (Å²) in [5.74, 6) is 0.599. The zero-order valence-corrected chi connectivity index (χ0v) is 9.27. The normalized spacial score (nSPS) is 32.5. The Morgan fingerprint density at radius 1 is 1.56 bits per heavy atom. The molecule has 1 saturated heterocycles. The molecule has 1 aromatic heterocycles. The van der Waals surface area contributed by atoms with Crippen molar-refractivity contribution in [1.82, 2.24) is 9.88 Å². The van der Waals surface area contributed by atoms with Gasteiger partial charge in [-0.05, 0) is 37.9 Å². The lowest BCUT2D eigenvalue weighted by Crippen LogP contribution is -2.33. The topological polar surface area (TPSA) is 25.4 Å². The second-order valence-electron chi connectivity index (χ2n) is 4.72. The van der Waals surface area contributed by atoms with Gasteiger partial charge >= 0.3 is 0 Å². The van der Waals surface area contributed by atoms with Gasteiger partial charge in [-0.15, -0.1) is 0 Å². The number of hydrogen-bond acceptors (Lipinski definition) is 3. The van der Waals surface area contributed by atoms with E-state index in [0.717, 1.165) is 12.0 Å². The highest BCUT2D eigenvalue weighted by Crippen LogP contribution is 2.46. The van der Waals surface area contributed by atoms with Gasteiger partial charge in [-0.2, -0.15) is 4.39 Å². The number of fused-ring (bicyclic) bond motifs is 1. The minimum atomic E-state index is -0.520. The lowest BCUT2D eigenvalue weighted by Gasteiger charge is -2.22. The summed E-state index contributed by atoms with van der Waals surface area (Å²) in [6.45, 7) is 0.562. The maximum atomic E-state index is 13.2. The molecule has 3 rings (SSSR count). The minimum Gasteiger partial charge on any atom is -0.487 e. The highest BCUT2D eigenvalue weighted by atomic mass is 19.1. The van der Waals surface area contributed by atoms with E-state index < -0.39 is 5.95 Å². The Hall–Kier alpha value is -1.16. The van der Waals surface area contributed by atoms with Crippen molar-refractivity contribution in [1.29, 1.82) is 0 Å². The Bertz CT molecular complexity index is 398. The summed E-state index contributed by atoms with van der Waals surface area (Å²) in [6.07, 6.45) is 3.94. The van der Waals surface area contributed by atoms with Gasteiger partial charge in [0.05, 0.1) is 0 Å². The number of likely N-dealkylation sites (N-methyl/N-ethyl adjacent to an activating group) is 1. The summed E-state index contributed by atoms with van der Waals surface area (Å²) in [5.41, 5.74) is 0. The predicted octanol–water partition coefficient (Wildman–Crippen LogP) is 1.69. The van der Waals surface area contributed by atoms with Crippen LogP contribution in [-0.2, 0) is 0 Å². The summed E-state index contributed by atoms with van der Waals surface area (Å²) in [6, 6.07) is 4.50. The van der Waals surface area contributed by atoms with Crippen molar-refractivity contribution in [3.63, 3.8) is 0 Å². The molecule has 1 saturated carbocycles. The molecular weight excluding hydrogens is 207 g/mol. The first-order chi connectivity index (χ1) is 7.75. The average Bonchev–Trinajstić information content (AvgIpc) is 2.98. The Kier molecular flexibility index (Phi) is 2.32. The Morgan fingerprint density at radius 3 is 3.12 bits per heavy atom. The Morgan fingerprint density at radius 2 is 2.44 bits per heavy atom. The number of pyridine rings is 1. The third-order valence-corrected chi connectivity index (χ3v) is 3.72. The van der Waals surface area contributed by atoms with E-state index in [0.29, 0.717) is 12.6 Å². The molecule has 1 aromatic rings. The molecule has 1 aliphatic carbocycles. The van der Waals surface area contributed by atoms with Crippen LogP contribution in [0.4, 0.5) is 4.39 Å². The van der Waals surface area contributed by atoms with E-state index in [1.165, 1.54) is 19.0 Å². The fourth-order valence-corrected chi connectivity index (χ4v) is 2.62. The molecule has 2 heterocycles. The molecule has 2 aliphatic rings. The van der Waals surface area contributed by atoms with E-state index >= 15 is 0 Å². The number of hydrogen-bond donors (Lipinski definition) is 0. The van der Waals surface area contributed by atoms with Crippen LogP contribution in [-0.4, -0.2) is 35.6 Å². The van der Waals surface area contributed by atoms with Crippen LogP contribution in [0.15, 0.2) is 18.3 Å². The van der Waals surface area contributed by atoms with Crippen LogP contribution in [0, 0.1) is 11.9 Å². The van der Waals surface area contributed by atoms with E-state index in [2.05, 4.69) is 16.9 Å². The summed E-state index contributed by atoms with van der Waals surface area (Å²) in [7, 11) is 2.13. The molecule has 16 heavy (non-hydrogen) atoms. The summed E-state index contributed by atoms with van der Waals surface area (Å²) in [5, 5.41) is 0. The molecule has 0 N–H and O–H groups in total. The van der Waals surface area contributed by atoms with Crippen molar-refractivity contribution in [3.8, 4) is 5.75 Å². The second-order valence-corrected chi connectivity index (χ2v) is 4.72. The summed E-state index contributed by atoms with van der Waals surface area (Å²) >= 11 is 0. The molecular formula is C12H15FN2O. The SMILES string of the molecule is CN1C(COc2cccnc2F)CC2CC21. The van der Waals surface area contributed by atoms with Gasteiger partial charge in [-0.1, -0.05) is 0 Å². The fraction of sp³-hybridized carbons (Fsp3) is 0.583. The molecule has 1 aliphatic heterocycles. The van der Waals surface area contributed by atoms with Crippen LogP contribution in [0.25, 0.3) is 0 Å². The van der Waals surface area contributed by atoms with Gasteiger partial charge in [0.1, 0.15) is 6.61 Å². The fourth-order valence-electron chi connectivity index (χ4n) is 2.62. The number of piperidine rings is 1. The number of likely N-dealkylation sites (tertiary alicyclic amines) is 1. The average molecular weight is 222 g/mol. The minimum absolute atomic E-state index is 0.261. The number of halogens is 1. The monoisotopic (exact) mass is 222 g/mol. The predicted molar refractivity (Wildman–Crippen MR) is 57.8 cm³/mol. The molecule has 4 heteroatoms. The Balaban J connectivity index is 1.59. The highest BCUT2D eigenvalue weighted by molar-refractivity contribution is 5.18. The first-order valence-electron chi connectivity index (χ1n) is 5.71. The van der Waals surface area contributed by atoms with Gasteiger partial charge in [0, 0.05) is 18.3 Å². The van der Waals surface area contributed by atoms with Gasteiger partial charge < -0.3 is 4.74 Å². The van der Waals surface area contributed by atoms with Crippen LogP contribution in [0.1, 0.15) is 12.8 Å². The summed E-state index contributed by atoms with van der Waals surface area (Å²) in [4.78, 5) is 5.92. The van der Waals surface area contributed by atoms with E-state index in [-0.39, 0.29) is 5.75 Å². The van der Waals surface area contributed by atoms with E-state index in [4.69, 9.17) is 4.74 Å². The summed E-state index contributed by atoms with van der Waals surface area (Å²) < 4.78 is 18.7. The molecule has 3 atom stereocenters. The highest BCUT2D eigenvalue weighted by Gasteiger charge is 2.50. The van der Waals surface area contributed by atoms with Crippen LogP contribution >= 0.6 is 0 Å². The molecule has 0 aromatic carbocycles. The standard InChI is InChI=1S/C12H15FN2O/c1-15-9(5-8-6-10(8)15)7-16-11-3-2-4-14-12(11)13/h2-4,8-10H,5-7H2,1H3. The number of nitrogens with zero attached hydrogens (tertiary/aromatic N) is 2. The van der Waals surface area contributed by atoms with Crippen LogP contribution in [0.2, 0.25) is 0 Å². The maximum absolute atomic E-state index is 13.2. The molecule has 3 nitrogen and oxygen atoms in total. The largest absolute Gasteiger partial charge is 0.487 e. The molecule has 3 unspecified atom stereocenters.